The summed E-state index contributed by atoms with van der Waals surface area (Å²) in [5, 5.41) is 9.81. The molecule has 1 spiro atoms. The lowest BCUT2D eigenvalue weighted by Crippen LogP contribution is -2.39. The first-order valence-corrected chi connectivity index (χ1v) is 5.89. The molecule has 5 nitrogen and oxygen atoms in total. The first-order valence-electron chi connectivity index (χ1n) is 5.89. The fourth-order valence-electron chi connectivity index (χ4n) is 2.81. The van der Waals surface area contributed by atoms with Crippen LogP contribution < -0.4 is 0 Å². The Labute approximate surface area is 93.7 Å². The van der Waals surface area contributed by atoms with Crippen molar-refractivity contribution in [3.05, 3.63) is 0 Å². The Kier molecular flexibility index (Phi) is 2.51. The Hall–Kier alpha value is -0.490. The van der Waals surface area contributed by atoms with Crippen LogP contribution >= 0.6 is 0 Å². The van der Waals surface area contributed by atoms with Gasteiger partial charge in [-0.25, -0.2) is 0 Å². The third-order valence-electron chi connectivity index (χ3n) is 3.66. The molecule has 0 amide bonds. The van der Waals surface area contributed by atoms with E-state index in [0.717, 1.165) is 25.7 Å². The van der Waals surface area contributed by atoms with Crippen molar-refractivity contribution >= 4 is 6.29 Å². The molecular weight excluding hydrogens is 212 g/mol. The van der Waals surface area contributed by atoms with E-state index in [1.807, 2.05) is 0 Å². The number of aliphatic hydroxyl groups is 1. The number of aldehydes is 1. The topological polar surface area (TPSA) is 65.0 Å². The van der Waals surface area contributed by atoms with Crippen LogP contribution in [0, 0.1) is 0 Å². The number of hydrogen-bond acceptors (Lipinski definition) is 5. The lowest BCUT2D eigenvalue weighted by molar-refractivity contribution is -0.242. The maximum Gasteiger partial charge on any atom is 0.190 e. The fraction of sp³-hybridized carbons (Fsp3) is 0.909. The van der Waals surface area contributed by atoms with E-state index >= 15 is 0 Å². The van der Waals surface area contributed by atoms with Gasteiger partial charge in [0, 0.05) is 12.8 Å². The highest BCUT2D eigenvalue weighted by Gasteiger charge is 2.57. The summed E-state index contributed by atoms with van der Waals surface area (Å²) in [6.07, 6.45) is 2.85. The van der Waals surface area contributed by atoms with Gasteiger partial charge in [0.2, 0.25) is 0 Å². The third kappa shape index (κ3) is 1.50. The van der Waals surface area contributed by atoms with Crippen LogP contribution in [0.2, 0.25) is 0 Å². The molecule has 0 bridgehead atoms. The Morgan fingerprint density at radius 1 is 1.19 bits per heavy atom. The van der Waals surface area contributed by atoms with Crippen molar-refractivity contribution in [2.45, 2.75) is 62.5 Å². The molecule has 1 saturated carbocycles. The number of aliphatic hydroxyl groups excluding tert-OH is 1. The normalized spacial score (nSPS) is 45.8. The maximum absolute atomic E-state index is 10.6. The zero-order valence-corrected chi connectivity index (χ0v) is 9.00. The summed E-state index contributed by atoms with van der Waals surface area (Å²) >= 11 is 0. The van der Waals surface area contributed by atoms with Crippen molar-refractivity contribution in [2.75, 3.05) is 0 Å². The van der Waals surface area contributed by atoms with Gasteiger partial charge in [0.1, 0.15) is 18.3 Å². The maximum atomic E-state index is 10.6. The molecular formula is C11H16O5. The minimum absolute atomic E-state index is 0.506. The summed E-state index contributed by atoms with van der Waals surface area (Å²) < 4.78 is 16.9. The minimum Gasteiger partial charge on any atom is -0.387 e. The summed E-state index contributed by atoms with van der Waals surface area (Å²) in [5.41, 5.74) is 0. The quantitative estimate of drug-likeness (QED) is 0.656. The molecule has 0 aromatic carbocycles. The first kappa shape index (κ1) is 10.7. The number of hydrogen-bond donors (Lipinski definition) is 1. The predicted octanol–water partition coefficient (Wildman–Crippen LogP) is 0.347. The van der Waals surface area contributed by atoms with Gasteiger partial charge < -0.3 is 24.1 Å². The second-order valence-electron chi connectivity index (χ2n) is 4.77. The number of carbonyl (C=O) groups excluding carboxylic acids is 1. The molecule has 4 unspecified atom stereocenters. The summed E-state index contributed by atoms with van der Waals surface area (Å²) in [5.74, 6) is -0.567. The second kappa shape index (κ2) is 3.77. The van der Waals surface area contributed by atoms with Crippen LogP contribution in [0.3, 0.4) is 0 Å². The van der Waals surface area contributed by atoms with Gasteiger partial charge in [0.25, 0.3) is 0 Å². The van der Waals surface area contributed by atoms with Gasteiger partial charge in [-0.05, 0) is 12.8 Å². The Balaban J connectivity index is 1.73. The van der Waals surface area contributed by atoms with Crippen LogP contribution in [-0.2, 0) is 19.0 Å². The molecule has 2 aliphatic heterocycles. The number of carbonyl (C=O) groups is 1. The fourth-order valence-corrected chi connectivity index (χ4v) is 2.81. The molecule has 1 aliphatic carbocycles. The zero-order chi connectivity index (χ0) is 11.2. The summed E-state index contributed by atoms with van der Waals surface area (Å²) in [6.45, 7) is 0. The van der Waals surface area contributed by atoms with Gasteiger partial charge in [0.15, 0.2) is 18.4 Å². The van der Waals surface area contributed by atoms with E-state index in [1.54, 1.807) is 0 Å². The van der Waals surface area contributed by atoms with Gasteiger partial charge in [-0.1, -0.05) is 6.42 Å². The average molecular weight is 228 g/mol. The molecule has 0 aromatic rings. The van der Waals surface area contributed by atoms with Crippen LogP contribution in [-0.4, -0.2) is 41.8 Å². The second-order valence-corrected chi connectivity index (χ2v) is 4.77. The van der Waals surface area contributed by atoms with Crippen LogP contribution in [0.15, 0.2) is 0 Å². The average Bonchev–Trinajstić information content (AvgIpc) is 2.77. The van der Waals surface area contributed by atoms with Gasteiger partial charge in [-0.15, -0.1) is 0 Å². The smallest absolute Gasteiger partial charge is 0.190 e. The van der Waals surface area contributed by atoms with Gasteiger partial charge >= 0.3 is 0 Å². The molecule has 3 aliphatic rings. The summed E-state index contributed by atoms with van der Waals surface area (Å²) in [4.78, 5) is 10.6. The van der Waals surface area contributed by atoms with Crippen molar-refractivity contribution in [1.82, 2.24) is 0 Å². The van der Waals surface area contributed by atoms with Crippen molar-refractivity contribution in [3.8, 4) is 0 Å². The highest BCUT2D eigenvalue weighted by molar-refractivity contribution is 5.58. The molecule has 3 fully saturated rings. The van der Waals surface area contributed by atoms with Crippen LogP contribution in [0.1, 0.15) is 32.1 Å². The molecule has 4 atom stereocenters. The Bertz CT molecular complexity index is 286. The molecule has 2 saturated heterocycles. The van der Waals surface area contributed by atoms with Gasteiger partial charge in [-0.2, -0.15) is 0 Å². The van der Waals surface area contributed by atoms with Gasteiger partial charge in [-0.3, -0.25) is 0 Å². The predicted molar refractivity (Wildman–Crippen MR) is 52.5 cm³/mol. The van der Waals surface area contributed by atoms with Crippen LogP contribution in [0.4, 0.5) is 0 Å². The lowest BCUT2D eigenvalue weighted by atomic mass is 9.94. The molecule has 1 N–H and O–H groups in total. The number of fused-ring (bicyclic) bond motifs is 1. The van der Waals surface area contributed by atoms with Crippen molar-refractivity contribution in [1.29, 1.82) is 0 Å². The van der Waals surface area contributed by atoms with Crippen molar-refractivity contribution in [3.63, 3.8) is 0 Å². The first-order chi connectivity index (χ1) is 7.74. The van der Waals surface area contributed by atoms with E-state index in [-0.39, 0.29) is 0 Å². The molecule has 2 heterocycles. The van der Waals surface area contributed by atoms with Crippen molar-refractivity contribution < 1.29 is 24.1 Å². The van der Waals surface area contributed by atoms with Crippen LogP contribution in [0.25, 0.3) is 0 Å². The van der Waals surface area contributed by atoms with E-state index in [4.69, 9.17) is 14.2 Å². The highest BCUT2D eigenvalue weighted by Crippen LogP contribution is 2.44. The number of ether oxygens (including phenoxy) is 3. The van der Waals surface area contributed by atoms with E-state index in [0.29, 0.717) is 6.29 Å². The molecule has 0 aromatic heterocycles. The van der Waals surface area contributed by atoms with E-state index in [1.165, 1.54) is 6.42 Å². The minimum atomic E-state index is -0.899. The molecule has 3 rings (SSSR count). The lowest BCUT2D eigenvalue weighted by Gasteiger charge is -2.32. The van der Waals surface area contributed by atoms with Crippen LogP contribution in [0.5, 0.6) is 0 Å². The Morgan fingerprint density at radius 3 is 2.56 bits per heavy atom. The largest absolute Gasteiger partial charge is 0.387 e. The molecule has 90 valence electrons. The Morgan fingerprint density at radius 2 is 1.94 bits per heavy atom. The van der Waals surface area contributed by atoms with E-state index < -0.39 is 30.4 Å². The van der Waals surface area contributed by atoms with Crippen molar-refractivity contribution in [2.24, 2.45) is 0 Å². The molecule has 0 radical (unpaired) electrons. The van der Waals surface area contributed by atoms with E-state index in [2.05, 4.69) is 0 Å². The van der Waals surface area contributed by atoms with E-state index in [9.17, 15) is 9.90 Å². The standard InChI is InChI=1S/C11H16O5/c12-6-7-8(13)9-10(14-7)16-11(15-9)4-2-1-3-5-11/h6-10,13H,1-5H2. The third-order valence-corrected chi connectivity index (χ3v) is 3.66. The van der Waals surface area contributed by atoms with Gasteiger partial charge in [0.05, 0.1) is 0 Å². The molecule has 16 heavy (non-hydrogen) atoms. The highest BCUT2D eigenvalue weighted by atomic mass is 16.8. The monoisotopic (exact) mass is 228 g/mol. The zero-order valence-electron chi connectivity index (χ0n) is 9.00. The molecule has 5 heteroatoms. The SMILES string of the molecule is O=CC1OC2OC3(CCCCC3)OC2C1O. The summed E-state index contributed by atoms with van der Waals surface area (Å²) in [6, 6.07) is 0. The number of rotatable bonds is 1. The summed E-state index contributed by atoms with van der Waals surface area (Å²) in [7, 11) is 0.